The summed E-state index contributed by atoms with van der Waals surface area (Å²) < 4.78 is 10.9. The fourth-order valence-electron chi connectivity index (χ4n) is 2.60. The first-order valence-electron chi connectivity index (χ1n) is 7.52. The third-order valence-corrected chi connectivity index (χ3v) is 3.71. The summed E-state index contributed by atoms with van der Waals surface area (Å²) in [6.07, 6.45) is 0.661. The Morgan fingerprint density at radius 2 is 2.00 bits per heavy atom. The van der Waals surface area contributed by atoms with Crippen molar-refractivity contribution in [2.24, 2.45) is 0 Å². The molecule has 2 aromatic carbocycles. The van der Waals surface area contributed by atoms with Gasteiger partial charge in [0.1, 0.15) is 5.75 Å². The summed E-state index contributed by atoms with van der Waals surface area (Å²) in [7, 11) is 0. The molecule has 0 aromatic heterocycles. The lowest BCUT2D eigenvalue weighted by atomic mass is 10.0. The number of amides is 1. The van der Waals surface area contributed by atoms with Crippen molar-refractivity contribution in [1.82, 2.24) is 5.32 Å². The quantitative estimate of drug-likeness (QED) is 0.673. The van der Waals surface area contributed by atoms with E-state index in [4.69, 9.17) is 9.47 Å². The Morgan fingerprint density at radius 1 is 1.25 bits per heavy atom. The van der Waals surface area contributed by atoms with Crippen LogP contribution in [0.15, 0.2) is 48.5 Å². The Kier molecular flexibility index (Phi) is 4.60. The van der Waals surface area contributed by atoms with Crippen LogP contribution in [0.3, 0.4) is 0 Å². The average molecular weight is 328 g/mol. The van der Waals surface area contributed by atoms with Crippen molar-refractivity contribution in [3.63, 3.8) is 0 Å². The summed E-state index contributed by atoms with van der Waals surface area (Å²) in [6.45, 7) is 0.233. The van der Waals surface area contributed by atoms with Gasteiger partial charge in [0.25, 0.3) is 5.91 Å². The van der Waals surface area contributed by atoms with Crippen LogP contribution in [0.4, 0.5) is 5.69 Å². The van der Waals surface area contributed by atoms with E-state index < -0.39 is 4.92 Å². The molecule has 0 spiro atoms. The summed E-state index contributed by atoms with van der Waals surface area (Å²) in [6, 6.07) is 13.3. The third-order valence-electron chi connectivity index (χ3n) is 3.71. The Morgan fingerprint density at radius 3 is 2.83 bits per heavy atom. The second kappa shape index (κ2) is 6.99. The van der Waals surface area contributed by atoms with Crippen LogP contribution in [-0.2, 0) is 4.79 Å². The van der Waals surface area contributed by atoms with E-state index in [1.807, 2.05) is 24.3 Å². The number of nitro benzene ring substituents is 1. The van der Waals surface area contributed by atoms with Crippen LogP contribution < -0.4 is 14.8 Å². The SMILES string of the molecule is O=C(COc1ccccc1[N+](=O)[O-])NC1CCOc2ccccc21. The Balaban J connectivity index is 1.62. The minimum atomic E-state index is -0.540. The molecule has 1 aliphatic heterocycles. The third kappa shape index (κ3) is 3.45. The van der Waals surface area contributed by atoms with Crippen LogP contribution in [0.25, 0.3) is 0 Å². The maximum absolute atomic E-state index is 12.1. The van der Waals surface area contributed by atoms with E-state index in [0.717, 1.165) is 11.3 Å². The van der Waals surface area contributed by atoms with Crippen LogP contribution in [0.5, 0.6) is 11.5 Å². The van der Waals surface area contributed by atoms with Crippen LogP contribution >= 0.6 is 0 Å². The molecule has 124 valence electrons. The minimum Gasteiger partial charge on any atom is -0.493 e. The molecular weight excluding hydrogens is 312 g/mol. The predicted octanol–water partition coefficient (Wildman–Crippen LogP) is 2.61. The highest BCUT2D eigenvalue weighted by Gasteiger charge is 2.23. The van der Waals surface area contributed by atoms with E-state index in [0.29, 0.717) is 13.0 Å². The largest absolute Gasteiger partial charge is 0.493 e. The van der Waals surface area contributed by atoms with Gasteiger partial charge in [0.05, 0.1) is 17.6 Å². The van der Waals surface area contributed by atoms with Gasteiger partial charge in [-0.25, -0.2) is 0 Å². The molecule has 1 heterocycles. The van der Waals surface area contributed by atoms with Crippen molar-refractivity contribution >= 4 is 11.6 Å². The molecule has 0 bridgehead atoms. The van der Waals surface area contributed by atoms with Gasteiger partial charge < -0.3 is 14.8 Å². The number of para-hydroxylation sites is 3. The fourth-order valence-corrected chi connectivity index (χ4v) is 2.60. The standard InChI is InChI=1S/C17H16N2O5/c20-17(11-24-16-8-4-2-6-14(16)19(21)22)18-13-9-10-23-15-7-3-1-5-12(13)15/h1-8,13H,9-11H2,(H,18,20). The smallest absolute Gasteiger partial charge is 0.310 e. The average Bonchev–Trinajstić information content (AvgIpc) is 2.60. The van der Waals surface area contributed by atoms with E-state index in [-0.39, 0.29) is 30.0 Å². The lowest BCUT2D eigenvalue weighted by Gasteiger charge is -2.26. The molecule has 1 atom stereocenters. The van der Waals surface area contributed by atoms with Gasteiger partial charge in [0.2, 0.25) is 0 Å². The maximum Gasteiger partial charge on any atom is 0.310 e. The number of rotatable bonds is 5. The highest BCUT2D eigenvalue weighted by molar-refractivity contribution is 5.78. The molecule has 0 saturated heterocycles. The van der Waals surface area contributed by atoms with Gasteiger partial charge in [-0.15, -0.1) is 0 Å². The topological polar surface area (TPSA) is 90.7 Å². The first-order chi connectivity index (χ1) is 11.6. The minimum absolute atomic E-state index is 0.0741. The van der Waals surface area contributed by atoms with Crippen LogP contribution in [0.2, 0.25) is 0 Å². The number of nitrogens with zero attached hydrogens (tertiary/aromatic N) is 1. The molecule has 7 nitrogen and oxygen atoms in total. The summed E-state index contributed by atoms with van der Waals surface area (Å²) in [5.74, 6) is 0.494. The first kappa shape index (κ1) is 15.8. The van der Waals surface area contributed by atoms with Crippen molar-refractivity contribution < 1.29 is 19.2 Å². The highest BCUT2D eigenvalue weighted by Crippen LogP contribution is 2.31. The van der Waals surface area contributed by atoms with Gasteiger partial charge in [-0.3, -0.25) is 14.9 Å². The van der Waals surface area contributed by atoms with E-state index in [1.54, 1.807) is 12.1 Å². The van der Waals surface area contributed by atoms with Crippen molar-refractivity contribution in [3.05, 3.63) is 64.2 Å². The van der Waals surface area contributed by atoms with Crippen molar-refractivity contribution in [3.8, 4) is 11.5 Å². The molecule has 0 saturated carbocycles. The van der Waals surface area contributed by atoms with E-state index >= 15 is 0 Å². The molecule has 0 radical (unpaired) electrons. The molecule has 0 aliphatic carbocycles. The fraction of sp³-hybridized carbons (Fsp3) is 0.235. The zero-order valence-corrected chi connectivity index (χ0v) is 12.8. The maximum atomic E-state index is 12.1. The van der Waals surface area contributed by atoms with Gasteiger partial charge in [0.15, 0.2) is 12.4 Å². The lowest BCUT2D eigenvalue weighted by molar-refractivity contribution is -0.385. The van der Waals surface area contributed by atoms with Crippen molar-refractivity contribution in [2.75, 3.05) is 13.2 Å². The number of benzene rings is 2. The van der Waals surface area contributed by atoms with Gasteiger partial charge in [-0.05, 0) is 12.1 Å². The van der Waals surface area contributed by atoms with E-state index in [9.17, 15) is 14.9 Å². The summed E-state index contributed by atoms with van der Waals surface area (Å²) in [5, 5.41) is 13.8. The number of fused-ring (bicyclic) bond motifs is 1. The number of nitro groups is 1. The monoisotopic (exact) mass is 328 g/mol. The molecule has 1 unspecified atom stereocenters. The highest BCUT2D eigenvalue weighted by atomic mass is 16.6. The molecule has 24 heavy (non-hydrogen) atoms. The molecule has 1 amide bonds. The van der Waals surface area contributed by atoms with Crippen LogP contribution in [-0.4, -0.2) is 24.0 Å². The van der Waals surface area contributed by atoms with Crippen molar-refractivity contribution in [2.45, 2.75) is 12.5 Å². The predicted molar refractivity (Wildman–Crippen MR) is 86.0 cm³/mol. The van der Waals surface area contributed by atoms with E-state index in [2.05, 4.69) is 5.32 Å². The van der Waals surface area contributed by atoms with Crippen molar-refractivity contribution in [1.29, 1.82) is 0 Å². The molecule has 2 aromatic rings. The van der Waals surface area contributed by atoms with Crippen LogP contribution in [0, 0.1) is 10.1 Å². The molecule has 0 fully saturated rings. The first-order valence-corrected chi connectivity index (χ1v) is 7.52. The van der Waals surface area contributed by atoms with Gasteiger partial charge >= 0.3 is 5.69 Å². The summed E-state index contributed by atoms with van der Waals surface area (Å²) in [4.78, 5) is 22.5. The molecular formula is C17H16N2O5. The van der Waals surface area contributed by atoms with Crippen LogP contribution in [0.1, 0.15) is 18.0 Å². The zero-order chi connectivity index (χ0) is 16.9. The summed E-state index contributed by atoms with van der Waals surface area (Å²) in [5.41, 5.74) is 0.754. The number of carbonyl (C=O) groups is 1. The number of ether oxygens (including phenoxy) is 2. The second-order valence-corrected chi connectivity index (χ2v) is 5.31. The number of nitrogens with one attached hydrogen (secondary N) is 1. The molecule has 1 aliphatic rings. The Bertz CT molecular complexity index is 762. The zero-order valence-electron chi connectivity index (χ0n) is 12.8. The molecule has 3 rings (SSSR count). The second-order valence-electron chi connectivity index (χ2n) is 5.31. The normalized spacial score (nSPS) is 15.8. The lowest BCUT2D eigenvalue weighted by Crippen LogP contribution is -2.35. The molecule has 1 N–H and O–H groups in total. The Hall–Kier alpha value is -3.09. The summed E-state index contributed by atoms with van der Waals surface area (Å²) >= 11 is 0. The van der Waals surface area contributed by atoms with E-state index in [1.165, 1.54) is 12.1 Å². The van der Waals surface area contributed by atoms with Gasteiger partial charge in [-0.2, -0.15) is 0 Å². The Labute approximate surface area is 138 Å². The number of carbonyl (C=O) groups excluding carboxylic acids is 1. The molecule has 7 heteroatoms. The van der Waals surface area contributed by atoms with Gasteiger partial charge in [0, 0.05) is 18.1 Å². The number of hydrogen-bond acceptors (Lipinski definition) is 5. The number of hydrogen-bond donors (Lipinski definition) is 1. The van der Waals surface area contributed by atoms with Gasteiger partial charge in [-0.1, -0.05) is 30.3 Å².